The lowest BCUT2D eigenvalue weighted by molar-refractivity contribution is -0.120. The molecule has 2 heterocycles. The molecule has 1 fully saturated rings. The van der Waals surface area contributed by atoms with Crippen molar-refractivity contribution in [3.8, 4) is 0 Å². The molecule has 0 radical (unpaired) electrons. The van der Waals surface area contributed by atoms with Gasteiger partial charge in [-0.2, -0.15) is 0 Å². The second kappa shape index (κ2) is 5.86. The number of rotatable bonds is 3. The fourth-order valence-corrected chi connectivity index (χ4v) is 2.35. The number of carbonyl (C=O) groups excluding carboxylic acids is 1. The monoisotopic (exact) mass is 263 g/mol. The molecule has 6 nitrogen and oxygen atoms in total. The van der Waals surface area contributed by atoms with Crippen molar-refractivity contribution in [3.05, 3.63) is 11.9 Å². The predicted octanol–water partition coefficient (Wildman–Crippen LogP) is 0.968. The molecule has 1 aromatic heterocycles. The van der Waals surface area contributed by atoms with Gasteiger partial charge in [-0.1, -0.05) is 13.8 Å². The maximum absolute atomic E-state index is 11.4. The van der Waals surface area contributed by atoms with Crippen LogP contribution < -0.4 is 15.5 Å². The zero-order valence-electron chi connectivity index (χ0n) is 11.7. The van der Waals surface area contributed by atoms with E-state index < -0.39 is 0 Å². The van der Waals surface area contributed by atoms with E-state index in [4.69, 9.17) is 0 Å². The Balaban J connectivity index is 2.35. The minimum absolute atomic E-state index is 0.108. The van der Waals surface area contributed by atoms with Crippen LogP contribution in [0, 0.1) is 0 Å². The van der Waals surface area contributed by atoms with Crippen LogP contribution >= 0.6 is 0 Å². The van der Waals surface area contributed by atoms with Gasteiger partial charge in [-0.15, -0.1) is 0 Å². The predicted molar refractivity (Wildman–Crippen MR) is 75.5 cm³/mol. The van der Waals surface area contributed by atoms with Gasteiger partial charge in [-0.3, -0.25) is 4.79 Å². The van der Waals surface area contributed by atoms with E-state index in [1.807, 2.05) is 7.05 Å². The summed E-state index contributed by atoms with van der Waals surface area (Å²) in [5.41, 5.74) is 1.11. The number of nitrogens with zero attached hydrogens (tertiary/aromatic N) is 3. The lowest BCUT2D eigenvalue weighted by atomic mass is 10.0. The van der Waals surface area contributed by atoms with Crippen LogP contribution in [0.3, 0.4) is 0 Å². The van der Waals surface area contributed by atoms with Crippen molar-refractivity contribution in [1.82, 2.24) is 15.3 Å². The maximum Gasteiger partial charge on any atom is 0.221 e. The molecule has 0 unspecified atom stereocenters. The van der Waals surface area contributed by atoms with Crippen molar-refractivity contribution < 1.29 is 4.79 Å². The first kappa shape index (κ1) is 13.6. The Labute approximate surface area is 113 Å². The molecule has 0 saturated carbocycles. The van der Waals surface area contributed by atoms with E-state index in [9.17, 15) is 4.79 Å². The summed E-state index contributed by atoms with van der Waals surface area (Å²) in [4.78, 5) is 22.3. The molecule has 19 heavy (non-hydrogen) atoms. The van der Waals surface area contributed by atoms with Gasteiger partial charge in [0.2, 0.25) is 5.91 Å². The van der Waals surface area contributed by atoms with Crippen molar-refractivity contribution in [2.45, 2.75) is 26.2 Å². The third kappa shape index (κ3) is 2.94. The number of hydrogen-bond donors (Lipinski definition) is 2. The molecule has 1 aromatic rings. The molecule has 2 N–H and O–H groups in total. The van der Waals surface area contributed by atoms with E-state index in [0.717, 1.165) is 23.7 Å². The number of nitrogens with one attached hydrogen (secondary N) is 2. The lowest BCUT2D eigenvalue weighted by Gasteiger charge is -2.25. The topological polar surface area (TPSA) is 70.2 Å². The standard InChI is InChI=1S/C13H21N5O/c1-9(2)11-12(14-3)16-8-17-13(11)18-6-4-10(19)15-5-7-18/h8-9H,4-7H2,1-3H3,(H,15,19)(H,14,16,17). The Kier molecular flexibility index (Phi) is 4.19. The summed E-state index contributed by atoms with van der Waals surface area (Å²) in [6.45, 7) is 6.40. The van der Waals surface area contributed by atoms with Gasteiger partial charge in [0.05, 0.1) is 0 Å². The SMILES string of the molecule is CNc1ncnc(N2CCNC(=O)CC2)c1C(C)C. The van der Waals surface area contributed by atoms with Crippen molar-refractivity contribution in [1.29, 1.82) is 0 Å². The first-order chi connectivity index (χ1) is 9.13. The second-order valence-corrected chi connectivity index (χ2v) is 4.95. The van der Waals surface area contributed by atoms with Gasteiger partial charge in [0.15, 0.2) is 0 Å². The Morgan fingerprint density at radius 1 is 1.37 bits per heavy atom. The van der Waals surface area contributed by atoms with E-state index >= 15 is 0 Å². The first-order valence-electron chi connectivity index (χ1n) is 6.67. The van der Waals surface area contributed by atoms with Crippen molar-refractivity contribution in [3.63, 3.8) is 0 Å². The van der Waals surface area contributed by atoms with Gasteiger partial charge in [0.1, 0.15) is 18.0 Å². The van der Waals surface area contributed by atoms with Gasteiger partial charge >= 0.3 is 0 Å². The van der Waals surface area contributed by atoms with Crippen LogP contribution in [0.1, 0.15) is 31.7 Å². The Morgan fingerprint density at radius 3 is 2.84 bits per heavy atom. The summed E-state index contributed by atoms with van der Waals surface area (Å²) in [5.74, 6) is 2.23. The molecule has 1 aliphatic heterocycles. The van der Waals surface area contributed by atoms with Gasteiger partial charge in [0.25, 0.3) is 0 Å². The lowest BCUT2D eigenvalue weighted by Crippen LogP contribution is -2.30. The van der Waals surface area contributed by atoms with Crippen LogP contribution in [0.5, 0.6) is 0 Å². The Bertz CT molecular complexity index is 460. The number of aromatic nitrogens is 2. The molecule has 0 atom stereocenters. The molecule has 0 aliphatic carbocycles. The Morgan fingerprint density at radius 2 is 2.16 bits per heavy atom. The molecule has 0 spiro atoms. The number of anilines is 2. The fourth-order valence-electron chi connectivity index (χ4n) is 2.35. The van der Waals surface area contributed by atoms with Gasteiger partial charge in [-0.05, 0) is 5.92 Å². The highest BCUT2D eigenvalue weighted by atomic mass is 16.1. The van der Waals surface area contributed by atoms with E-state index in [1.165, 1.54) is 0 Å². The summed E-state index contributed by atoms with van der Waals surface area (Å²) in [6.07, 6.45) is 2.09. The largest absolute Gasteiger partial charge is 0.373 e. The van der Waals surface area contributed by atoms with Crippen molar-refractivity contribution in [2.75, 3.05) is 36.9 Å². The van der Waals surface area contributed by atoms with Crippen LogP contribution in [-0.4, -0.2) is 42.6 Å². The molecular formula is C13H21N5O. The summed E-state index contributed by atoms with van der Waals surface area (Å²) in [5, 5.41) is 6.00. The fraction of sp³-hybridized carbons (Fsp3) is 0.615. The molecule has 1 aliphatic rings. The first-order valence-corrected chi connectivity index (χ1v) is 6.67. The quantitative estimate of drug-likeness (QED) is 0.850. The third-order valence-corrected chi connectivity index (χ3v) is 3.29. The van der Waals surface area contributed by atoms with Gasteiger partial charge < -0.3 is 15.5 Å². The second-order valence-electron chi connectivity index (χ2n) is 4.95. The zero-order valence-corrected chi connectivity index (χ0v) is 11.7. The van der Waals surface area contributed by atoms with E-state index in [-0.39, 0.29) is 5.91 Å². The van der Waals surface area contributed by atoms with E-state index in [0.29, 0.717) is 25.4 Å². The molecule has 1 saturated heterocycles. The molecule has 1 amide bonds. The molecular weight excluding hydrogens is 242 g/mol. The average molecular weight is 263 g/mol. The smallest absolute Gasteiger partial charge is 0.221 e. The maximum atomic E-state index is 11.4. The summed E-state index contributed by atoms with van der Waals surface area (Å²) in [7, 11) is 1.87. The van der Waals surface area contributed by atoms with Crippen LogP contribution in [0.25, 0.3) is 0 Å². The molecule has 104 valence electrons. The molecule has 0 aromatic carbocycles. The van der Waals surface area contributed by atoms with Gasteiger partial charge in [0, 0.05) is 38.7 Å². The van der Waals surface area contributed by atoms with Crippen LogP contribution in [0.15, 0.2) is 6.33 Å². The normalized spacial score (nSPS) is 16.2. The van der Waals surface area contributed by atoms with Gasteiger partial charge in [-0.25, -0.2) is 9.97 Å². The molecule has 6 heteroatoms. The summed E-state index contributed by atoms with van der Waals surface area (Å²) < 4.78 is 0. The number of carbonyl (C=O) groups is 1. The molecule has 2 rings (SSSR count). The van der Waals surface area contributed by atoms with E-state index in [2.05, 4.69) is 39.3 Å². The Hall–Kier alpha value is -1.85. The van der Waals surface area contributed by atoms with Crippen LogP contribution in [-0.2, 0) is 4.79 Å². The minimum Gasteiger partial charge on any atom is -0.373 e. The average Bonchev–Trinajstić information content (AvgIpc) is 2.62. The minimum atomic E-state index is 0.108. The third-order valence-electron chi connectivity index (χ3n) is 3.29. The highest BCUT2D eigenvalue weighted by molar-refractivity contribution is 5.77. The van der Waals surface area contributed by atoms with Crippen molar-refractivity contribution >= 4 is 17.5 Å². The zero-order chi connectivity index (χ0) is 13.8. The summed E-state index contributed by atoms with van der Waals surface area (Å²) in [6, 6.07) is 0. The number of amides is 1. The van der Waals surface area contributed by atoms with Crippen LogP contribution in [0.2, 0.25) is 0 Å². The number of hydrogen-bond acceptors (Lipinski definition) is 5. The highest BCUT2D eigenvalue weighted by Gasteiger charge is 2.21. The van der Waals surface area contributed by atoms with Crippen molar-refractivity contribution in [2.24, 2.45) is 0 Å². The molecule has 0 bridgehead atoms. The van der Waals surface area contributed by atoms with E-state index in [1.54, 1.807) is 6.33 Å². The summed E-state index contributed by atoms with van der Waals surface area (Å²) >= 11 is 0. The highest BCUT2D eigenvalue weighted by Crippen LogP contribution is 2.30. The van der Waals surface area contributed by atoms with Crippen LogP contribution in [0.4, 0.5) is 11.6 Å².